The van der Waals surface area contributed by atoms with E-state index in [0.717, 1.165) is 12.0 Å². The van der Waals surface area contributed by atoms with Gasteiger partial charge in [0.25, 0.3) is 5.91 Å². The third kappa shape index (κ3) is 4.12. The molecule has 1 aliphatic rings. The quantitative estimate of drug-likeness (QED) is 0.493. The molecule has 0 unspecified atom stereocenters. The minimum Gasteiger partial charge on any atom is -0.459 e. The number of ether oxygens (including phenoxy) is 3. The zero-order valence-corrected chi connectivity index (χ0v) is 16.2. The highest BCUT2D eigenvalue weighted by Gasteiger charge is 2.17. The minimum atomic E-state index is -0.629. The molecule has 0 saturated carbocycles. The maximum absolute atomic E-state index is 12.2. The molecule has 1 aromatic heterocycles. The Morgan fingerprint density at radius 3 is 2.73 bits per heavy atom. The predicted molar refractivity (Wildman–Crippen MR) is 107 cm³/mol. The molecule has 0 saturated heterocycles. The smallest absolute Gasteiger partial charge is 0.336 e. The Morgan fingerprint density at radius 2 is 1.90 bits per heavy atom. The van der Waals surface area contributed by atoms with E-state index < -0.39 is 17.5 Å². The molecule has 0 bridgehead atoms. The summed E-state index contributed by atoms with van der Waals surface area (Å²) in [6.07, 6.45) is 0.807. The van der Waals surface area contributed by atoms with Gasteiger partial charge in [-0.3, -0.25) is 9.59 Å². The standard InChI is InChI=1S/C22H19NO7/c1-2-13-3-5-16-15(9-20(24)30-18(16)7-13)11-27-21(25)10-23-22(26)14-4-6-17-19(8-14)29-12-28-17/h3-9H,2,10-12H2,1H3,(H,23,26). The summed E-state index contributed by atoms with van der Waals surface area (Å²) in [6.45, 7) is 1.70. The molecule has 3 aromatic rings. The van der Waals surface area contributed by atoms with E-state index >= 15 is 0 Å². The molecule has 0 fully saturated rings. The molecular weight excluding hydrogens is 390 g/mol. The lowest BCUT2D eigenvalue weighted by Crippen LogP contribution is -2.30. The van der Waals surface area contributed by atoms with Gasteiger partial charge in [-0.05, 0) is 36.2 Å². The van der Waals surface area contributed by atoms with Crippen molar-refractivity contribution in [3.05, 3.63) is 69.6 Å². The maximum Gasteiger partial charge on any atom is 0.336 e. The third-order valence-electron chi connectivity index (χ3n) is 4.72. The zero-order valence-electron chi connectivity index (χ0n) is 16.2. The highest BCUT2D eigenvalue weighted by molar-refractivity contribution is 5.96. The van der Waals surface area contributed by atoms with Gasteiger partial charge in [-0.25, -0.2) is 4.79 Å². The fourth-order valence-corrected chi connectivity index (χ4v) is 3.12. The van der Waals surface area contributed by atoms with Crippen LogP contribution < -0.4 is 20.4 Å². The second kappa shape index (κ2) is 8.28. The number of carbonyl (C=O) groups excluding carboxylic acids is 2. The molecule has 1 amide bonds. The molecule has 8 heteroatoms. The number of carbonyl (C=O) groups is 2. The van der Waals surface area contributed by atoms with Crippen LogP contribution in [0.3, 0.4) is 0 Å². The number of esters is 1. The Morgan fingerprint density at radius 1 is 1.07 bits per heavy atom. The van der Waals surface area contributed by atoms with Crippen LogP contribution >= 0.6 is 0 Å². The normalized spacial score (nSPS) is 12.0. The van der Waals surface area contributed by atoms with E-state index in [2.05, 4.69) is 5.32 Å². The van der Waals surface area contributed by atoms with Gasteiger partial charge in [0.15, 0.2) is 11.5 Å². The molecular formula is C22H19NO7. The van der Waals surface area contributed by atoms with E-state index in [9.17, 15) is 14.4 Å². The van der Waals surface area contributed by atoms with Crippen molar-refractivity contribution in [1.82, 2.24) is 5.32 Å². The summed E-state index contributed by atoms with van der Waals surface area (Å²) in [7, 11) is 0. The van der Waals surface area contributed by atoms with Gasteiger partial charge in [0.1, 0.15) is 18.7 Å². The van der Waals surface area contributed by atoms with E-state index in [1.165, 1.54) is 6.07 Å². The fraction of sp³-hybridized carbons (Fsp3) is 0.227. The van der Waals surface area contributed by atoms with Crippen molar-refractivity contribution in [2.45, 2.75) is 20.0 Å². The van der Waals surface area contributed by atoms with Gasteiger partial charge in [0.2, 0.25) is 6.79 Å². The van der Waals surface area contributed by atoms with Gasteiger partial charge in [-0.1, -0.05) is 19.1 Å². The SMILES string of the molecule is CCc1ccc2c(COC(=O)CNC(=O)c3ccc4c(c3)OCO4)cc(=O)oc2c1. The average molecular weight is 409 g/mol. The number of rotatable bonds is 6. The van der Waals surface area contributed by atoms with Gasteiger partial charge in [0, 0.05) is 22.6 Å². The summed E-state index contributed by atoms with van der Waals surface area (Å²) in [5.41, 5.74) is 1.85. The maximum atomic E-state index is 12.2. The van der Waals surface area contributed by atoms with Crippen molar-refractivity contribution in [2.75, 3.05) is 13.3 Å². The van der Waals surface area contributed by atoms with Crippen LogP contribution in [-0.4, -0.2) is 25.2 Å². The summed E-state index contributed by atoms with van der Waals surface area (Å²) >= 11 is 0. The van der Waals surface area contributed by atoms with Gasteiger partial charge in [-0.15, -0.1) is 0 Å². The Balaban J connectivity index is 1.37. The van der Waals surface area contributed by atoms with Crippen molar-refractivity contribution in [3.8, 4) is 11.5 Å². The van der Waals surface area contributed by atoms with Crippen LogP contribution in [0.25, 0.3) is 11.0 Å². The molecule has 154 valence electrons. The predicted octanol–water partition coefficient (Wildman–Crippen LogP) is 2.56. The first kappa shape index (κ1) is 19.5. The molecule has 2 aromatic carbocycles. The summed E-state index contributed by atoms with van der Waals surface area (Å²) in [5.74, 6) is -0.0263. The molecule has 30 heavy (non-hydrogen) atoms. The lowest BCUT2D eigenvalue weighted by atomic mass is 10.1. The van der Waals surface area contributed by atoms with Gasteiger partial charge >= 0.3 is 11.6 Å². The largest absolute Gasteiger partial charge is 0.459 e. The summed E-state index contributed by atoms with van der Waals surface area (Å²) in [4.78, 5) is 36.1. The highest BCUT2D eigenvalue weighted by Crippen LogP contribution is 2.32. The second-order valence-corrected chi connectivity index (χ2v) is 6.69. The minimum absolute atomic E-state index is 0.105. The van der Waals surface area contributed by atoms with Crippen molar-refractivity contribution in [1.29, 1.82) is 0 Å². The summed E-state index contributed by atoms with van der Waals surface area (Å²) in [5, 5.41) is 3.20. The lowest BCUT2D eigenvalue weighted by molar-refractivity contribution is -0.143. The molecule has 4 rings (SSSR count). The van der Waals surface area contributed by atoms with Crippen LogP contribution in [-0.2, 0) is 22.6 Å². The van der Waals surface area contributed by atoms with E-state index in [-0.39, 0.29) is 19.9 Å². The van der Waals surface area contributed by atoms with E-state index in [1.807, 2.05) is 19.1 Å². The Bertz CT molecular complexity index is 1180. The van der Waals surface area contributed by atoms with Crippen LogP contribution in [0.5, 0.6) is 11.5 Å². The number of hydrogen-bond donors (Lipinski definition) is 1. The van der Waals surface area contributed by atoms with Gasteiger partial charge < -0.3 is 23.9 Å². The monoisotopic (exact) mass is 409 g/mol. The Hall–Kier alpha value is -3.81. The molecule has 1 N–H and O–H groups in total. The Kier molecular flexibility index (Phi) is 5.38. The second-order valence-electron chi connectivity index (χ2n) is 6.69. The molecule has 0 radical (unpaired) electrons. The van der Waals surface area contributed by atoms with Crippen LogP contribution in [0, 0.1) is 0 Å². The number of benzene rings is 2. The van der Waals surface area contributed by atoms with Gasteiger partial charge in [-0.2, -0.15) is 0 Å². The molecule has 8 nitrogen and oxygen atoms in total. The van der Waals surface area contributed by atoms with E-state index in [0.29, 0.717) is 33.6 Å². The number of fused-ring (bicyclic) bond motifs is 2. The fourth-order valence-electron chi connectivity index (χ4n) is 3.12. The summed E-state index contributed by atoms with van der Waals surface area (Å²) < 4.78 is 20.9. The van der Waals surface area contributed by atoms with Crippen LogP contribution in [0.1, 0.15) is 28.4 Å². The number of amides is 1. The first-order chi connectivity index (χ1) is 14.5. The molecule has 0 aliphatic carbocycles. The van der Waals surface area contributed by atoms with Crippen LogP contribution in [0.2, 0.25) is 0 Å². The first-order valence-electron chi connectivity index (χ1n) is 9.42. The number of hydrogen-bond acceptors (Lipinski definition) is 7. The third-order valence-corrected chi connectivity index (χ3v) is 4.72. The topological polar surface area (TPSA) is 104 Å². The average Bonchev–Trinajstić information content (AvgIpc) is 3.23. The van der Waals surface area contributed by atoms with Gasteiger partial charge in [0.05, 0.1) is 0 Å². The summed E-state index contributed by atoms with van der Waals surface area (Å²) in [6, 6.07) is 11.6. The van der Waals surface area contributed by atoms with Crippen molar-refractivity contribution >= 4 is 22.8 Å². The number of aryl methyl sites for hydroxylation is 1. The lowest BCUT2D eigenvalue weighted by Gasteiger charge is -2.09. The molecule has 1 aliphatic heterocycles. The van der Waals surface area contributed by atoms with Crippen molar-refractivity contribution in [2.24, 2.45) is 0 Å². The Labute approximate surface area is 171 Å². The molecule has 0 spiro atoms. The highest BCUT2D eigenvalue weighted by atomic mass is 16.7. The van der Waals surface area contributed by atoms with E-state index in [1.54, 1.807) is 24.3 Å². The van der Waals surface area contributed by atoms with Crippen molar-refractivity contribution < 1.29 is 28.2 Å². The van der Waals surface area contributed by atoms with Crippen LogP contribution in [0.15, 0.2) is 51.7 Å². The van der Waals surface area contributed by atoms with Crippen molar-refractivity contribution in [3.63, 3.8) is 0 Å². The van der Waals surface area contributed by atoms with E-state index in [4.69, 9.17) is 18.6 Å². The first-order valence-corrected chi connectivity index (χ1v) is 9.42. The zero-order chi connectivity index (χ0) is 21.1. The van der Waals surface area contributed by atoms with Crippen LogP contribution in [0.4, 0.5) is 0 Å². The molecule has 0 atom stereocenters. The molecule has 2 heterocycles. The number of nitrogens with one attached hydrogen (secondary N) is 1.